The van der Waals surface area contributed by atoms with Gasteiger partial charge in [0.05, 0.1) is 89.5 Å². The molecule has 6 rings (SSSR count). The Morgan fingerprint density at radius 2 is 0.901 bits per heavy atom. The lowest BCUT2D eigenvalue weighted by Gasteiger charge is -2.35. The fourth-order valence-electron chi connectivity index (χ4n) is 10.2. The van der Waals surface area contributed by atoms with Crippen molar-refractivity contribution in [3.63, 3.8) is 0 Å². The number of fused-ring (bicyclic) bond motifs is 2. The van der Waals surface area contributed by atoms with Crippen LogP contribution in [0.4, 0.5) is 0 Å². The van der Waals surface area contributed by atoms with E-state index in [1.807, 2.05) is 118 Å². The minimum Gasteiger partial charge on any atom is -0.480 e. The lowest BCUT2D eigenvalue weighted by molar-refractivity contribution is -0.159. The van der Waals surface area contributed by atoms with Crippen LogP contribution in [0.15, 0.2) is 60.9 Å². The number of hydrogen-bond acceptors (Lipinski definition) is 22. The average molecular weight is 1410 g/mol. The molecule has 2 saturated heterocycles. The molecule has 0 unspecified atom stereocenters. The number of hydrazine groups is 2. The molecular weight excluding hydrogens is 1300 g/mol. The molecule has 2 fully saturated rings. The van der Waals surface area contributed by atoms with Crippen LogP contribution in [0.3, 0.4) is 0 Å². The molecule has 27 nitrogen and oxygen atoms in total. The summed E-state index contributed by atoms with van der Waals surface area (Å²) in [5.74, 6) is -6.37. The Morgan fingerprint density at radius 1 is 0.535 bits per heavy atom. The maximum absolute atomic E-state index is 13.3. The molecule has 0 aliphatic carbocycles. The number of carbonyl (C=O) groups excluding carboxylic acids is 9. The SMILES string of the molecule is CC(C)[C@H](CC(=O)OC(C)(C)C)C(=O)N[C@@H](C)C(=O)N1CCC[C@@H](C(=O)O)N1.CC(C)[C@H](CC(=O)OC(C)(C)C)C(=O)N[C@@H](C)C(=O)N1CCC[C@@H](C(=O)O[C@H](C)c2cnc3ccc(/C=C/CC(=O)OC(C)(C)C)cc3n2)N1.C[C@@H](O)c1cnc2ccc(/C=C/CC(=O)OC(C)(C)C)cc2n1. The number of nitrogens with zero attached hydrogens (tertiary/aromatic N) is 6. The zero-order valence-corrected chi connectivity index (χ0v) is 62.5. The van der Waals surface area contributed by atoms with Gasteiger partial charge in [0, 0.05) is 13.1 Å². The summed E-state index contributed by atoms with van der Waals surface area (Å²) in [7, 11) is 0. The zero-order valence-electron chi connectivity index (χ0n) is 62.5. The number of rotatable bonds is 23. The van der Waals surface area contributed by atoms with Crippen LogP contribution in [0.5, 0.6) is 0 Å². The van der Waals surface area contributed by atoms with E-state index in [0.29, 0.717) is 66.7 Å². The van der Waals surface area contributed by atoms with Crippen molar-refractivity contribution in [1.29, 1.82) is 0 Å². The second kappa shape index (κ2) is 37.7. The Bertz CT molecular complexity index is 3600. The van der Waals surface area contributed by atoms with E-state index < -0.39 is 118 Å². The van der Waals surface area contributed by atoms with Gasteiger partial charge in [0.15, 0.2) is 0 Å². The lowest BCUT2D eigenvalue weighted by Crippen LogP contribution is -2.59. The van der Waals surface area contributed by atoms with E-state index in [1.165, 1.54) is 16.9 Å². The molecule has 4 aromatic rings. The smallest absolute Gasteiger partial charge is 0.325 e. The van der Waals surface area contributed by atoms with Crippen LogP contribution < -0.4 is 21.5 Å². The summed E-state index contributed by atoms with van der Waals surface area (Å²) < 4.78 is 27.0. The molecule has 6 N–H and O–H groups in total. The predicted molar refractivity (Wildman–Crippen MR) is 379 cm³/mol. The predicted octanol–water partition coefficient (Wildman–Crippen LogP) is 9.49. The molecule has 2 aromatic heterocycles. The highest BCUT2D eigenvalue weighted by Crippen LogP contribution is 2.25. The number of ether oxygens (including phenoxy) is 5. The Hall–Kier alpha value is -8.82. The summed E-state index contributed by atoms with van der Waals surface area (Å²) in [5.41, 5.74) is 8.75. The summed E-state index contributed by atoms with van der Waals surface area (Å²) in [6, 6.07) is 7.79. The van der Waals surface area contributed by atoms with Gasteiger partial charge in [-0.25, -0.2) is 20.8 Å². The number of amides is 4. The second-order valence-electron chi connectivity index (χ2n) is 29.9. The van der Waals surface area contributed by atoms with Crippen molar-refractivity contribution in [1.82, 2.24) is 51.4 Å². The first-order chi connectivity index (χ1) is 46.8. The molecular formula is C74H108N10O17. The summed E-state index contributed by atoms with van der Waals surface area (Å²) in [5, 5.41) is 26.6. The maximum Gasteiger partial charge on any atom is 0.325 e. The number of carboxylic acids is 1. The third kappa shape index (κ3) is 30.1. The Labute approximate surface area is 593 Å². The monoisotopic (exact) mass is 1410 g/mol. The van der Waals surface area contributed by atoms with Crippen molar-refractivity contribution in [3.8, 4) is 0 Å². The van der Waals surface area contributed by atoms with Gasteiger partial charge in [0.2, 0.25) is 11.8 Å². The van der Waals surface area contributed by atoms with Crippen LogP contribution in [0.25, 0.3) is 34.2 Å². The Kier molecular flexibility index (Phi) is 31.6. The number of carbonyl (C=O) groups is 10. The lowest BCUT2D eigenvalue weighted by atomic mass is 9.91. The van der Waals surface area contributed by atoms with E-state index in [1.54, 1.807) is 86.9 Å². The van der Waals surface area contributed by atoms with E-state index in [4.69, 9.17) is 28.8 Å². The van der Waals surface area contributed by atoms with Gasteiger partial charge in [-0.2, -0.15) is 0 Å². The van der Waals surface area contributed by atoms with Gasteiger partial charge in [-0.15, -0.1) is 0 Å². The second-order valence-corrected chi connectivity index (χ2v) is 29.9. The van der Waals surface area contributed by atoms with Crippen LogP contribution in [-0.4, -0.2) is 159 Å². The van der Waals surface area contributed by atoms with Crippen molar-refractivity contribution >= 4 is 93.7 Å². The van der Waals surface area contributed by atoms with Crippen LogP contribution in [0.1, 0.15) is 225 Å². The molecule has 8 atom stereocenters. The van der Waals surface area contributed by atoms with E-state index in [9.17, 15) is 53.1 Å². The van der Waals surface area contributed by atoms with Gasteiger partial charge < -0.3 is 44.5 Å². The molecule has 4 heterocycles. The van der Waals surface area contributed by atoms with E-state index >= 15 is 0 Å². The molecule has 4 amide bonds. The normalized spacial score (nSPS) is 17.1. The fraction of sp³-hybridized carbons (Fsp3) is 0.595. The largest absolute Gasteiger partial charge is 0.480 e. The third-order valence-electron chi connectivity index (χ3n) is 15.2. The first-order valence-electron chi connectivity index (χ1n) is 34.4. The number of hydrogen-bond donors (Lipinski definition) is 6. The van der Waals surface area contributed by atoms with Gasteiger partial charge >= 0.3 is 35.8 Å². The number of aliphatic hydroxyl groups excluding tert-OH is 1. The van der Waals surface area contributed by atoms with Gasteiger partial charge in [-0.1, -0.05) is 64.1 Å². The first kappa shape index (κ1) is 84.6. The van der Waals surface area contributed by atoms with Gasteiger partial charge in [-0.05, 0) is 184 Å². The fourth-order valence-corrected chi connectivity index (χ4v) is 10.2. The highest BCUT2D eigenvalue weighted by atomic mass is 16.6. The quantitative estimate of drug-likeness (QED) is 0.0297. The highest BCUT2D eigenvalue weighted by molar-refractivity contribution is 5.91. The van der Waals surface area contributed by atoms with Crippen LogP contribution in [-0.2, 0) is 71.6 Å². The highest BCUT2D eigenvalue weighted by Gasteiger charge is 2.37. The van der Waals surface area contributed by atoms with Crippen LogP contribution in [0.2, 0.25) is 0 Å². The molecule has 2 aliphatic heterocycles. The van der Waals surface area contributed by atoms with Crippen LogP contribution >= 0.6 is 0 Å². The maximum atomic E-state index is 13.3. The first-order valence-corrected chi connectivity index (χ1v) is 34.4. The topological polar surface area (TPSA) is 363 Å². The Balaban J connectivity index is 0.000000356. The number of nitrogens with one attached hydrogen (secondary N) is 4. The zero-order chi connectivity index (χ0) is 76.1. The van der Waals surface area contributed by atoms with Crippen molar-refractivity contribution in [2.45, 2.75) is 249 Å². The summed E-state index contributed by atoms with van der Waals surface area (Å²) >= 11 is 0. The van der Waals surface area contributed by atoms with Crippen LogP contribution in [0, 0.1) is 23.7 Å². The molecule has 0 spiro atoms. The number of benzene rings is 2. The van der Waals surface area contributed by atoms with Crippen molar-refractivity contribution in [2.75, 3.05) is 13.1 Å². The van der Waals surface area contributed by atoms with Crippen molar-refractivity contribution in [2.24, 2.45) is 23.7 Å². The number of aliphatic hydroxyl groups is 1. The number of carboxylic acid groups (broad SMARTS) is 1. The minimum absolute atomic E-state index is 0.0786. The van der Waals surface area contributed by atoms with E-state index in [2.05, 4.69) is 41.4 Å². The van der Waals surface area contributed by atoms with Gasteiger partial charge in [0.1, 0.15) is 52.7 Å². The number of aliphatic carboxylic acids is 1. The Morgan fingerprint density at radius 3 is 1.28 bits per heavy atom. The third-order valence-corrected chi connectivity index (χ3v) is 15.2. The number of aromatic nitrogens is 4. The molecule has 2 aliphatic rings. The summed E-state index contributed by atoms with van der Waals surface area (Å²) in [6.45, 7) is 36.0. The molecule has 0 radical (unpaired) electrons. The van der Waals surface area contributed by atoms with Crippen molar-refractivity contribution < 1.29 is 81.8 Å². The molecule has 27 heteroatoms. The molecule has 101 heavy (non-hydrogen) atoms. The van der Waals surface area contributed by atoms with E-state index in [0.717, 1.165) is 16.6 Å². The summed E-state index contributed by atoms with van der Waals surface area (Å²) in [6.07, 6.45) is 11.0. The average Bonchev–Trinajstić information content (AvgIpc) is 0.831. The molecule has 556 valence electrons. The standard InChI is InChI=1S/C37H53N5O8.C19H33N3O6.C18H22N2O3/c1-22(2)26(20-32(44)50-37(8,9)10)33(45)39-23(3)34(46)42-18-12-14-28(41-42)35(47)48-24(4)30-21-38-27-17-16-25(19-29(27)40-30)13-11-15-31(43)49-36(5,6)7;1-11(2)13(10-15(23)28-19(4,5)6)16(24)20-12(3)17(25)22-9-7-8-14(21-22)18(26)27;1-12(21)16-11-19-14-9-8-13(10-15(14)20-16)6-5-7-17(22)23-18(2,3)4/h11,13,16-17,19,21-24,26,28,41H,12,14-15,18,20H2,1-10H3,(H,39,45);11-14,21H,7-10H2,1-6H3,(H,20,24)(H,26,27);5-6,8-12,21H,7H2,1-4H3/b13-11+;;6-5+/t23-,24+,26-,28-;12-,13-,14-;12-/m001/s1. The molecule has 2 aromatic carbocycles. The number of esters is 5. The van der Waals surface area contributed by atoms with Gasteiger partial charge in [0.25, 0.3) is 11.8 Å². The van der Waals surface area contributed by atoms with E-state index in [-0.39, 0.29) is 49.5 Å². The van der Waals surface area contributed by atoms with Crippen molar-refractivity contribution in [3.05, 3.63) is 83.5 Å². The molecule has 0 bridgehead atoms. The van der Waals surface area contributed by atoms with Gasteiger partial charge in [-0.3, -0.25) is 67.9 Å². The minimum atomic E-state index is -1.02. The molecule has 0 saturated carbocycles. The summed E-state index contributed by atoms with van der Waals surface area (Å²) in [4.78, 5) is 142.